The second-order valence-corrected chi connectivity index (χ2v) is 8.00. The fourth-order valence-electron chi connectivity index (χ4n) is 4.42. The van der Waals surface area contributed by atoms with Gasteiger partial charge in [-0.1, -0.05) is 48.0 Å². The smallest absolute Gasteiger partial charge is 0.340 e. The molecular formula is C26H16ClNO3. The summed E-state index contributed by atoms with van der Waals surface area (Å²) in [6.45, 7) is 0. The third-order valence-electron chi connectivity index (χ3n) is 5.74. The van der Waals surface area contributed by atoms with Gasteiger partial charge in [0.05, 0.1) is 5.56 Å². The summed E-state index contributed by atoms with van der Waals surface area (Å²) in [4.78, 5) is 12.8. The van der Waals surface area contributed by atoms with Gasteiger partial charge in [0.25, 0.3) is 0 Å². The molecule has 2 heterocycles. The summed E-state index contributed by atoms with van der Waals surface area (Å²) < 4.78 is 12.4. The van der Waals surface area contributed by atoms with Gasteiger partial charge in [-0.15, -0.1) is 0 Å². The van der Waals surface area contributed by atoms with Crippen molar-refractivity contribution in [3.05, 3.63) is 118 Å². The number of carbonyl (C=O) groups is 1. The minimum absolute atomic E-state index is 0.351. The largest absolute Gasteiger partial charge is 0.456 e. The standard InChI is InChI=1S/C26H16ClNO3/c27-16-10-12-21-23(14-16)30-24-15-18(28-17-6-2-1-3-7-17)11-13-22(24)26(21)20-9-5-4-8-19(20)25(29)31-26/h1-15,28H. The van der Waals surface area contributed by atoms with Crippen LogP contribution in [-0.4, -0.2) is 5.97 Å². The van der Waals surface area contributed by atoms with E-state index in [2.05, 4.69) is 5.32 Å². The van der Waals surface area contributed by atoms with Crippen molar-refractivity contribution in [1.29, 1.82) is 0 Å². The molecule has 6 rings (SSSR count). The molecule has 4 aromatic rings. The summed E-state index contributed by atoms with van der Waals surface area (Å²) in [6.07, 6.45) is 0. The zero-order valence-corrected chi connectivity index (χ0v) is 17.0. The molecule has 5 heteroatoms. The molecule has 0 amide bonds. The highest BCUT2D eigenvalue weighted by molar-refractivity contribution is 6.30. The van der Waals surface area contributed by atoms with Crippen molar-refractivity contribution < 1.29 is 14.3 Å². The highest BCUT2D eigenvalue weighted by Crippen LogP contribution is 2.56. The second kappa shape index (κ2) is 6.62. The van der Waals surface area contributed by atoms with E-state index in [1.54, 1.807) is 18.2 Å². The van der Waals surface area contributed by atoms with Crippen LogP contribution >= 0.6 is 11.6 Å². The van der Waals surface area contributed by atoms with E-state index in [9.17, 15) is 4.79 Å². The lowest BCUT2D eigenvalue weighted by Crippen LogP contribution is -2.33. The van der Waals surface area contributed by atoms with E-state index in [-0.39, 0.29) is 5.97 Å². The van der Waals surface area contributed by atoms with Crippen LogP contribution in [-0.2, 0) is 10.3 Å². The summed E-state index contributed by atoms with van der Waals surface area (Å²) in [5, 5.41) is 3.93. The number of anilines is 2. The van der Waals surface area contributed by atoms with Crippen molar-refractivity contribution in [1.82, 2.24) is 0 Å². The Morgan fingerprint density at radius 2 is 1.42 bits per heavy atom. The van der Waals surface area contributed by atoms with Gasteiger partial charge in [-0.05, 0) is 48.5 Å². The van der Waals surface area contributed by atoms with E-state index >= 15 is 0 Å². The molecule has 1 N–H and O–H groups in total. The van der Waals surface area contributed by atoms with Crippen molar-refractivity contribution in [3.63, 3.8) is 0 Å². The molecule has 2 aliphatic rings. The van der Waals surface area contributed by atoms with E-state index in [4.69, 9.17) is 21.1 Å². The highest BCUT2D eigenvalue weighted by atomic mass is 35.5. The molecule has 0 radical (unpaired) electrons. The maximum absolute atomic E-state index is 12.8. The minimum atomic E-state index is -1.08. The van der Waals surface area contributed by atoms with Crippen LogP contribution in [0.2, 0.25) is 5.02 Å². The number of hydrogen-bond acceptors (Lipinski definition) is 4. The Kier molecular flexibility index (Phi) is 3.86. The summed E-state index contributed by atoms with van der Waals surface area (Å²) >= 11 is 6.27. The monoisotopic (exact) mass is 425 g/mol. The van der Waals surface area contributed by atoms with E-state index in [1.165, 1.54) is 0 Å². The number of esters is 1. The van der Waals surface area contributed by atoms with E-state index in [0.717, 1.165) is 28.1 Å². The molecule has 1 atom stereocenters. The third kappa shape index (κ3) is 2.65. The first-order valence-corrected chi connectivity index (χ1v) is 10.3. The van der Waals surface area contributed by atoms with Crippen molar-refractivity contribution in [3.8, 4) is 11.5 Å². The predicted octanol–water partition coefficient (Wildman–Crippen LogP) is 6.65. The van der Waals surface area contributed by atoms with Gasteiger partial charge in [-0.2, -0.15) is 0 Å². The zero-order chi connectivity index (χ0) is 21.0. The SMILES string of the molecule is O=C1OC2(c3ccc(Cl)cc3Oc3cc(Nc4ccccc4)ccc32)c2ccccc21. The van der Waals surface area contributed by atoms with Gasteiger partial charge in [0.2, 0.25) is 0 Å². The molecular weight excluding hydrogens is 410 g/mol. The average Bonchev–Trinajstić information content (AvgIpc) is 3.07. The molecule has 0 aromatic heterocycles. The Balaban J connectivity index is 1.56. The van der Waals surface area contributed by atoms with Gasteiger partial charge in [0.1, 0.15) is 11.5 Å². The van der Waals surface area contributed by atoms with Crippen molar-refractivity contribution >= 4 is 28.9 Å². The number of para-hydroxylation sites is 1. The minimum Gasteiger partial charge on any atom is -0.456 e. The van der Waals surface area contributed by atoms with E-state index in [1.807, 2.05) is 72.8 Å². The fourth-order valence-corrected chi connectivity index (χ4v) is 4.58. The Morgan fingerprint density at radius 3 is 2.26 bits per heavy atom. The quantitative estimate of drug-likeness (QED) is 0.365. The van der Waals surface area contributed by atoms with E-state index < -0.39 is 5.60 Å². The highest BCUT2D eigenvalue weighted by Gasteiger charge is 2.53. The predicted molar refractivity (Wildman–Crippen MR) is 119 cm³/mol. The first-order chi connectivity index (χ1) is 15.1. The van der Waals surface area contributed by atoms with Gasteiger partial charge in [-0.3, -0.25) is 0 Å². The molecule has 0 saturated heterocycles. The Hall–Kier alpha value is -3.76. The molecule has 1 unspecified atom stereocenters. The zero-order valence-electron chi connectivity index (χ0n) is 16.3. The van der Waals surface area contributed by atoms with Gasteiger partial charge in [0, 0.05) is 39.2 Å². The van der Waals surface area contributed by atoms with Crippen LogP contribution in [0.3, 0.4) is 0 Å². The number of carbonyl (C=O) groups excluding carboxylic acids is 1. The molecule has 2 aliphatic heterocycles. The molecule has 4 nitrogen and oxygen atoms in total. The topological polar surface area (TPSA) is 47.6 Å². The fraction of sp³-hybridized carbons (Fsp3) is 0.0385. The van der Waals surface area contributed by atoms with Crippen LogP contribution in [0.25, 0.3) is 0 Å². The first-order valence-electron chi connectivity index (χ1n) is 9.92. The normalized spacial score (nSPS) is 17.9. The Bertz CT molecular complexity index is 1350. The summed E-state index contributed by atoms with van der Waals surface area (Å²) in [7, 11) is 0. The molecule has 31 heavy (non-hydrogen) atoms. The van der Waals surface area contributed by atoms with Crippen molar-refractivity contribution in [2.75, 3.05) is 5.32 Å². The molecule has 0 aliphatic carbocycles. The number of benzene rings is 4. The van der Waals surface area contributed by atoms with Crippen LogP contribution in [0.5, 0.6) is 11.5 Å². The summed E-state index contributed by atoms with van der Waals surface area (Å²) in [6, 6.07) is 28.6. The lowest BCUT2D eigenvalue weighted by molar-refractivity contribution is 0.0224. The number of halogens is 1. The van der Waals surface area contributed by atoms with Crippen molar-refractivity contribution in [2.24, 2.45) is 0 Å². The van der Waals surface area contributed by atoms with E-state index in [0.29, 0.717) is 22.1 Å². The summed E-state index contributed by atoms with van der Waals surface area (Å²) in [5.41, 5.74) is 3.65. The maximum atomic E-state index is 12.8. The second-order valence-electron chi connectivity index (χ2n) is 7.56. The number of hydrogen-bond donors (Lipinski definition) is 1. The Morgan fingerprint density at radius 1 is 0.710 bits per heavy atom. The van der Waals surface area contributed by atoms with Crippen LogP contribution in [0.4, 0.5) is 11.4 Å². The molecule has 0 saturated carbocycles. The number of nitrogens with one attached hydrogen (secondary N) is 1. The molecule has 4 aromatic carbocycles. The molecule has 1 spiro atoms. The van der Waals surface area contributed by atoms with Gasteiger partial charge in [0.15, 0.2) is 5.60 Å². The van der Waals surface area contributed by atoms with Gasteiger partial charge < -0.3 is 14.8 Å². The molecule has 0 fully saturated rings. The number of ether oxygens (including phenoxy) is 2. The van der Waals surface area contributed by atoms with Crippen LogP contribution in [0.15, 0.2) is 91.0 Å². The van der Waals surface area contributed by atoms with Crippen LogP contribution in [0.1, 0.15) is 27.0 Å². The average molecular weight is 426 g/mol. The summed E-state index contributed by atoms with van der Waals surface area (Å²) in [5.74, 6) is 0.831. The Labute approximate surface area is 184 Å². The van der Waals surface area contributed by atoms with Crippen molar-refractivity contribution in [2.45, 2.75) is 5.60 Å². The lowest BCUT2D eigenvalue weighted by Gasteiger charge is -2.36. The first kappa shape index (κ1) is 18.0. The van der Waals surface area contributed by atoms with Crippen LogP contribution in [0, 0.1) is 0 Å². The lowest BCUT2D eigenvalue weighted by atomic mass is 9.77. The third-order valence-corrected chi connectivity index (χ3v) is 5.97. The maximum Gasteiger partial charge on any atom is 0.340 e. The van der Waals surface area contributed by atoms with Gasteiger partial charge in [-0.25, -0.2) is 4.79 Å². The number of rotatable bonds is 2. The van der Waals surface area contributed by atoms with Gasteiger partial charge >= 0.3 is 5.97 Å². The molecule has 0 bridgehead atoms. The van der Waals surface area contributed by atoms with Crippen LogP contribution < -0.4 is 10.1 Å². The molecule has 150 valence electrons. The number of fused-ring (bicyclic) bond motifs is 6.